The molecule has 0 saturated heterocycles. The second kappa shape index (κ2) is 2.94. The van der Waals surface area contributed by atoms with Crippen molar-refractivity contribution in [3.8, 4) is 5.75 Å². The van der Waals surface area contributed by atoms with Crippen LogP contribution in [0.5, 0.6) is 5.75 Å². The van der Waals surface area contributed by atoms with E-state index in [0.717, 1.165) is 5.56 Å². The minimum atomic E-state index is -0.301. The number of fused-ring (bicyclic) bond motifs is 1. The Kier molecular flexibility index (Phi) is 1.77. The number of para-hydroxylation sites is 1. The predicted molar refractivity (Wildman–Crippen MR) is 48.2 cm³/mol. The van der Waals surface area contributed by atoms with Gasteiger partial charge in [-0.05, 0) is 6.07 Å². The van der Waals surface area contributed by atoms with Crippen LogP contribution in [0, 0.1) is 0 Å². The number of benzene rings is 1. The normalized spacial score (nSPS) is 19.7. The number of carbonyl (C=O) groups is 1. The Morgan fingerprint density at radius 1 is 1.46 bits per heavy atom. The van der Waals surface area contributed by atoms with Crippen molar-refractivity contribution in [3.05, 3.63) is 42.5 Å². The molecule has 0 fully saturated rings. The summed E-state index contributed by atoms with van der Waals surface area (Å²) in [5.41, 5.74) is 3.19. The second-order valence-corrected chi connectivity index (χ2v) is 2.82. The summed E-state index contributed by atoms with van der Waals surface area (Å²) in [5.74, 6) is 0.214. The van der Waals surface area contributed by atoms with Crippen LogP contribution in [-0.2, 0) is 4.79 Å². The van der Waals surface area contributed by atoms with Crippen LogP contribution >= 0.6 is 0 Å². The van der Waals surface area contributed by atoms with Crippen LogP contribution in [0.25, 0.3) is 0 Å². The molecule has 1 aromatic carbocycles. The molecule has 0 saturated carbocycles. The highest BCUT2D eigenvalue weighted by Gasteiger charge is 2.25. The lowest BCUT2D eigenvalue weighted by Gasteiger charge is -2.22. The number of hydrogen-bond donors (Lipinski definition) is 1. The van der Waals surface area contributed by atoms with Gasteiger partial charge in [-0.15, -0.1) is 6.58 Å². The van der Waals surface area contributed by atoms with Crippen LogP contribution in [0.1, 0.15) is 11.5 Å². The van der Waals surface area contributed by atoms with Crippen LogP contribution in [0.15, 0.2) is 36.9 Å². The molecule has 0 spiro atoms. The molecule has 1 unspecified atom stereocenters. The molecular formula is C10H9NO2. The Bertz CT molecular complexity index is 360. The zero-order valence-corrected chi connectivity index (χ0v) is 6.99. The second-order valence-electron chi connectivity index (χ2n) is 2.82. The Balaban J connectivity index is 2.50. The number of carbonyl (C=O) groups excluding carboxylic acids is 1. The van der Waals surface area contributed by atoms with Crippen molar-refractivity contribution in [1.82, 2.24) is 5.48 Å². The third kappa shape index (κ3) is 1.18. The topological polar surface area (TPSA) is 38.3 Å². The van der Waals surface area contributed by atoms with Crippen LogP contribution in [0.2, 0.25) is 0 Å². The summed E-state index contributed by atoms with van der Waals surface area (Å²) < 4.78 is 0. The van der Waals surface area contributed by atoms with Gasteiger partial charge in [0.1, 0.15) is 0 Å². The summed E-state index contributed by atoms with van der Waals surface area (Å²) in [5, 5.41) is 0. The van der Waals surface area contributed by atoms with Crippen molar-refractivity contribution in [2.45, 2.75) is 5.92 Å². The van der Waals surface area contributed by atoms with E-state index in [0.29, 0.717) is 5.75 Å². The van der Waals surface area contributed by atoms with Gasteiger partial charge in [0.2, 0.25) is 0 Å². The maximum absolute atomic E-state index is 11.3. The minimum absolute atomic E-state index is 0.172. The molecule has 66 valence electrons. The van der Waals surface area contributed by atoms with Gasteiger partial charge in [-0.25, -0.2) is 0 Å². The first kappa shape index (κ1) is 7.86. The highest BCUT2D eigenvalue weighted by molar-refractivity contribution is 5.87. The van der Waals surface area contributed by atoms with E-state index >= 15 is 0 Å². The Morgan fingerprint density at radius 3 is 3.00 bits per heavy atom. The Labute approximate surface area is 76.0 Å². The number of hydrogen-bond acceptors (Lipinski definition) is 2. The third-order valence-electron chi connectivity index (χ3n) is 2.03. The molecule has 0 radical (unpaired) electrons. The molecule has 0 bridgehead atoms. The van der Waals surface area contributed by atoms with Crippen molar-refractivity contribution in [1.29, 1.82) is 0 Å². The monoisotopic (exact) mass is 175 g/mol. The average Bonchev–Trinajstić information content (AvgIpc) is 2.18. The quantitative estimate of drug-likeness (QED) is 0.655. The van der Waals surface area contributed by atoms with Crippen molar-refractivity contribution >= 4 is 5.91 Å². The molecule has 1 amide bonds. The van der Waals surface area contributed by atoms with Gasteiger partial charge in [-0.2, -0.15) is 5.48 Å². The predicted octanol–water partition coefficient (Wildman–Crippen LogP) is 1.38. The van der Waals surface area contributed by atoms with E-state index in [1.54, 1.807) is 6.08 Å². The lowest BCUT2D eigenvalue weighted by molar-refractivity contribution is -0.129. The zero-order valence-electron chi connectivity index (χ0n) is 6.99. The molecule has 1 aromatic rings. The van der Waals surface area contributed by atoms with Gasteiger partial charge in [0.25, 0.3) is 5.91 Å². The van der Waals surface area contributed by atoms with E-state index in [-0.39, 0.29) is 11.8 Å². The molecule has 1 aliphatic heterocycles. The van der Waals surface area contributed by atoms with E-state index < -0.39 is 0 Å². The third-order valence-corrected chi connectivity index (χ3v) is 2.03. The standard InChI is InChI=1S/C10H9NO2/c1-2-7-8-5-3-4-6-9(8)13-11-10(7)12/h2-7H,1H2,(H,11,12). The molecule has 3 heteroatoms. The van der Waals surface area contributed by atoms with Gasteiger partial charge < -0.3 is 4.84 Å². The van der Waals surface area contributed by atoms with E-state index in [1.165, 1.54) is 0 Å². The van der Waals surface area contributed by atoms with Crippen molar-refractivity contribution in [2.75, 3.05) is 0 Å². The van der Waals surface area contributed by atoms with Gasteiger partial charge in [-0.3, -0.25) is 4.79 Å². The van der Waals surface area contributed by atoms with E-state index in [9.17, 15) is 4.79 Å². The van der Waals surface area contributed by atoms with Crippen LogP contribution in [0.4, 0.5) is 0 Å². The van der Waals surface area contributed by atoms with Crippen molar-refractivity contribution in [2.24, 2.45) is 0 Å². The lowest BCUT2D eigenvalue weighted by atomic mass is 9.97. The number of nitrogens with one attached hydrogen (secondary N) is 1. The molecular weight excluding hydrogens is 166 g/mol. The highest BCUT2D eigenvalue weighted by atomic mass is 16.7. The van der Waals surface area contributed by atoms with Crippen molar-refractivity contribution in [3.63, 3.8) is 0 Å². The minimum Gasteiger partial charge on any atom is -0.379 e. The first-order valence-electron chi connectivity index (χ1n) is 4.01. The molecule has 1 atom stereocenters. The Morgan fingerprint density at radius 2 is 2.23 bits per heavy atom. The van der Waals surface area contributed by atoms with Crippen molar-refractivity contribution < 1.29 is 9.63 Å². The van der Waals surface area contributed by atoms with E-state index in [1.807, 2.05) is 24.3 Å². The molecule has 0 aromatic heterocycles. The smallest absolute Gasteiger partial charge is 0.264 e. The molecule has 0 aliphatic carbocycles. The largest absolute Gasteiger partial charge is 0.379 e. The summed E-state index contributed by atoms with van der Waals surface area (Å²) in [6.45, 7) is 3.62. The molecule has 1 N–H and O–H groups in total. The first-order valence-corrected chi connectivity index (χ1v) is 4.01. The number of amides is 1. The zero-order chi connectivity index (χ0) is 9.26. The van der Waals surface area contributed by atoms with E-state index in [2.05, 4.69) is 12.1 Å². The molecule has 3 nitrogen and oxygen atoms in total. The number of rotatable bonds is 1. The summed E-state index contributed by atoms with van der Waals surface area (Å²) in [6.07, 6.45) is 1.61. The maximum atomic E-state index is 11.3. The maximum Gasteiger partial charge on any atom is 0.264 e. The van der Waals surface area contributed by atoms with Gasteiger partial charge in [-0.1, -0.05) is 24.3 Å². The van der Waals surface area contributed by atoms with Gasteiger partial charge >= 0.3 is 0 Å². The van der Waals surface area contributed by atoms with Crippen LogP contribution in [-0.4, -0.2) is 5.91 Å². The van der Waals surface area contributed by atoms with Crippen LogP contribution < -0.4 is 10.3 Å². The summed E-state index contributed by atoms with van der Waals surface area (Å²) in [7, 11) is 0. The molecule has 13 heavy (non-hydrogen) atoms. The summed E-state index contributed by atoms with van der Waals surface area (Å²) >= 11 is 0. The lowest BCUT2D eigenvalue weighted by Crippen LogP contribution is -2.35. The van der Waals surface area contributed by atoms with Gasteiger partial charge in [0, 0.05) is 5.56 Å². The molecule has 1 aliphatic rings. The van der Waals surface area contributed by atoms with Crippen LogP contribution in [0.3, 0.4) is 0 Å². The molecule has 2 rings (SSSR count). The first-order chi connectivity index (χ1) is 6.33. The fourth-order valence-electron chi connectivity index (χ4n) is 1.37. The average molecular weight is 175 g/mol. The highest BCUT2D eigenvalue weighted by Crippen LogP contribution is 2.29. The molecule has 1 heterocycles. The Hall–Kier alpha value is -1.77. The summed E-state index contributed by atoms with van der Waals surface area (Å²) in [6, 6.07) is 7.40. The van der Waals surface area contributed by atoms with Gasteiger partial charge in [0.15, 0.2) is 5.75 Å². The fraction of sp³-hybridized carbons (Fsp3) is 0.100. The fourth-order valence-corrected chi connectivity index (χ4v) is 1.37. The number of hydroxylamine groups is 1. The SMILES string of the molecule is C=CC1C(=O)NOc2ccccc21. The summed E-state index contributed by atoms with van der Waals surface area (Å²) in [4.78, 5) is 16.3. The van der Waals surface area contributed by atoms with E-state index in [4.69, 9.17) is 4.84 Å². The van der Waals surface area contributed by atoms with Gasteiger partial charge in [0.05, 0.1) is 5.92 Å².